The van der Waals surface area contributed by atoms with E-state index < -0.39 is 12.0 Å². The molecule has 0 fully saturated rings. The van der Waals surface area contributed by atoms with E-state index in [9.17, 15) is 9.59 Å². The highest BCUT2D eigenvalue weighted by Crippen LogP contribution is 2.16. The molecule has 3 N–H and O–H groups in total. The van der Waals surface area contributed by atoms with Crippen molar-refractivity contribution in [1.29, 1.82) is 0 Å². The largest absolute Gasteiger partial charge is 0.412 e. The maximum absolute atomic E-state index is 12.0. The summed E-state index contributed by atoms with van der Waals surface area (Å²) in [6.07, 6.45) is 6.21. The van der Waals surface area contributed by atoms with Crippen LogP contribution in [0.3, 0.4) is 0 Å². The molecule has 8 heteroatoms. The molecule has 1 heterocycles. The highest BCUT2D eigenvalue weighted by atomic mass is 16.6. The normalized spacial score (nSPS) is 10.5. The number of hydrogen-bond acceptors (Lipinski definition) is 5. The second-order valence-corrected chi connectivity index (χ2v) is 6.88. The topological polar surface area (TPSA) is 112 Å². The summed E-state index contributed by atoms with van der Waals surface area (Å²) in [7, 11) is 0. The Morgan fingerprint density at radius 3 is 2.57 bits per heavy atom. The first-order valence-electron chi connectivity index (χ1n) is 9.94. The molecule has 3 rings (SSSR count). The van der Waals surface area contributed by atoms with Gasteiger partial charge in [-0.05, 0) is 37.0 Å². The SMILES string of the molecule is NC(=O)c1cn(-c2cccc(OC(=O)NCCCCCCc3ccccc3)c2)nn1. The third-order valence-corrected chi connectivity index (χ3v) is 4.54. The Bertz CT molecular complexity index is 972. The summed E-state index contributed by atoms with van der Waals surface area (Å²) in [4.78, 5) is 23.1. The number of amides is 2. The minimum absolute atomic E-state index is 0.0582. The number of nitrogens with one attached hydrogen (secondary N) is 1. The molecule has 0 aliphatic rings. The zero-order valence-electron chi connectivity index (χ0n) is 16.7. The minimum Gasteiger partial charge on any atom is -0.410 e. The van der Waals surface area contributed by atoms with Gasteiger partial charge in [0.25, 0.3) is 5.91 Å². The number of nitrogens with zero attached hydrogens (tertiary/aromatic N) is 3. The number of nitrogens with two attached hydrogens (primary N) is 1. The monoisotopic (exact) mass is 407 g/mol. The highest BCUT2D eigenvalue weighted by molar-refractivity contribution is 5.90. The number of rotatable bonds is 10. The molecule has 0 unspecified atom stereocenters. The lowest BCUT2D eigenvalue weighted by Gasteiger charge is -2.08. The first kappa shape index (κ1) is 21.0. The molecule has 2 amide bonds. The van der Waals surface area contributed by atoms with E-state index in [1.807, 2.05) is 6.07 Å². The lowest BCUT2D eigenvalue weighted by atomic mass is 10.1. The van der Waals surface area contributed by atoms with E-state index in [0.717, 1.165) is 32.1 Å². The molecule has 30 heavy (non-hydrogen) atoms. The molecule has 156 valence electrons. The average molecular weight is 407 g/mol. The number of carbonyl (C=O) groups is 2. The van der Waals surface area contributed by atoms with Crippen LogP contribution in [-0.2, 0) is 6.42 Å². The van der Waals surface area contributed by atoms with Gasteiger partial charge < -0.3 is 15.8 Å². The van der Waals surface area contributed by atoms with Crippen LogP contribution in [-0.4, -0.2) is 33.5 Å². The zero-order valence-corrected chi connectivity index (χ0v) is 16.7. The zero-order chi connectivity index (χ0) is 21.2. The molecule has 0 aliphatic carbocycles. The third-order valence-electron chi connectivity index (χ3n) is 4.54. The van der Waals surface area contributed by atoms with Gasteiger partial charge in [0.2, 0.25) is 0 Å². The number of aromatic nitrogens is 3. The molecular weight excluding hydrogens is 382 g/mol. The van der Waals surface area contributed by atoms with Crippen molar-refractivity contribution in [3.8, 4) is 11.4 Å². The van der Waals surface area contributed by atoms with Crippen molar-refractivity contribution >= 4 is 12.0 Å². The van der Waals surface area contributed by atoms with Gasteiger partial charge in [-0.3, -0.25) is 4.79 Å². The smallest absolute Gasteiger partial charge is 0.410 e. The number of carbonyl (C=O) groups excluding carboxylic acids is 2. The van der Waals surface area contributed by atoms with Crippen LogP contribution < -0.4 is 15.8 Å². The molecule has 0 bridgehead atoms. The van der Waals surface area contributed by atoms with Crippen LogP contribution in [0.15, 0.2) is 60.8 Å². The second-order valence-electron chi connectivity index (χ2n) is 6.88. The van der Waals surface area contributed by atoms with Gasteiger partial charge in [-0.25, -0.2) is 9.48 Å². The van der Waals surface area contributed by atoms with Gasteiger partial charge in [0, 0.05) is 12.6 Å². The number of unbranched alkanes of at least 4 members (excludes halogenated alkanes) is 3. The van der Waals surface area contributed by atoms with Crippen LogP contribution >= 0.6 is 0 Å². The fourth-order valence-corrected chi connectivity index (χ4v) is 2.98. The number of primary amides is 1. The summed E-state index contributed by atoms with van der Waals surface area (Å²) in [6, 6.07) is 17.2. The number of ether oxygens (including phenoxy) is 1. The summed E-state index contributed by atoms with van der Waals surface area (Å²) in [5.74, 6) is -0.294. The minimum atomic E-state index is -0.659. The lowest BCUT2D eigenvalue weighted by Crippen LogP contribution is -2.27. The van der Waals surface area contributed by atoms with Gasteiger partial charge in [0.1, 0.15) is 5.75 Å². The average Bonchev–Trinajstić information content (AvgIpc) is 3.25. The van der Waals surface area contributed by atoms with Crippen molar-refractivity contribution in [3.63, 3.8) is 0 Å². The third kappa shape index (κ3) is 6.44. The van der Waals surface area contributed by atoms with Crippen molar-refractivity contribution < 1.29 is 14.3 Å². The standard InChI is InChI=1S/C22H25N5O3/c23-21(28)20-16-27(26-25-20)18-12-8-13-19(15-18)30-22(29)24-14-7-2-1-4-9-17-10-5-3-6-11-17/h3,5-6,8,10-13,15-16H,1-2,4,7,9,14H2,(H2,23,28)(H,24,29). The van der Waals surface area contributed by atoms with Crippen molar-refractivity contribution in [1.82, 2.24) is 20.3 Å². The molecule has 0 saturated heterocycles. The van der Waals surface area contributed by atoms with Crippen LogP contribution in [0.25, 0.3) is 5.69 Å². The molecule has 0 aliphatic heterocycles. The fraction of sp³-hybridized carbons (Fsp3) is 0.273. The molecule has 0 radical (unpaired) electrons. The van der Waals surface area contributed by atoms with E-state index >= 15 is 0 Å². The summed E-state index contributed by atoms with van der Waals surface area (Å²) in [5, 5.41) is 10.3. The summed E-state index contributed by atoms with van der Waals surface area (Å²) in [5.41, 5.74) is 7.19. The lowest BCUT2D eigenvalue weighted by molar-refractivity contribution is 0.0995. The van der Waals surface area contributed by atoms with Crippen LogP contribution in [0.4, 0.5) is 4.79 Å². The van der Waals surface area contributed by atoms with E-state index in [1.165, 1.54) is 16.4 Å². The Labute approximate surface area is 175 Å². The van der Waals surface area contributed by atoms with Gasteiger partial charge >= 0.3 is 6.09 Å². The molecular formula is C22H25N5O3. The van der Waals surface area contributed by atoms with Crippen LogP contribution in [0.5, 0.6) is 5.75 Å². The van der Waals surface area contributed by atoms with Gasteiger partial charge in [0.05, 0.1) is 11.9 Å². The molecule has 0 spiro atoms. The Morgan fingerprint density at radius 1 is 1.00 bits per heavy atom. The van der Waals surface area contributed by atoms with Crippen molar-refractivity contribution in [2.75, 3.05) is 6.54 Å². The van der Waals surface area contributed by atoms with Crippen LogP contribution in [0.2, 0.25) is 0 Å². The van der Waals surface area contributed by atoms with Crippen molar-refractivity contribution in [2.24, 2.45) is 5.73 Å². The Hall–Kier alpha value is -3.68. The van der Waals surface area contributed by atoms with E-state index in [1.54, 1.807) is 24.3 Å². The van der Waals surface area contributed by atoms with Crippen LogP contribution in [0, 0.1) is 0 Å². The summed E-state index contributed by atoms with van der Waals surface area (Å²) in [6.45, 7) is 0.564. The maximum atomic E-state index is 12.0. The van der Waals surface area contributed by atoms with Gasteiger partial charge in [-0.1, -0.05) is 54.5 Å². The van der Waals surface area contributed by atoms with Gasteiger partial charge in [-0.15, -0.1) is 5.10 Å². The van der Waals surface area contributed by atoms with Crippen molar-refractivity contribution in [3.05, 3.63) is 72.1 Å². The predicted molar refractivity (Wildman–Crippen MR) is 113 cm³/mol. The van der Waals surface area contributed by atoms with Crippen LogP contribution in [0.1, 0.15) is 41.7 Å². The molecule has 0 saturated carbocycles. The fourth-order valence-electron chi connectivity index (χ4n) is 2.98. The summed E-state index contributed by atoms with van der Waals surface area (Å²) < 4.78 is 6.70. The number of benzene rings is 2. The number of hydrogen-bond donors (Lipinski definition) is 2. The molecule has 0 atom stereocenters. The first-order valence-corrected chi connectivity index (χ1v) is 9.94. The van der Waals surface area contributed by atoms with E-state index in [0.29, 0.717) is 18.0 Å². The van der Waals surface area contributed by atoms with E-state index in [-0.39, 0.29) is 5.69 Å². The predicted octanol–water partition coefficient (Wildman–Crippen LogP) is 3.26. The molecule has 3 aromatic rings. The second kappa shape index (κ2) is 10.8. The van der Waals surface area contributed by atoms with Crippen molar-refractivity contribution in [2.45, 2.75) is 32.1 Å². The Kier molecular flexibility index (Phi) is 7.54. The molecule has 2 aromatic carbocycles. The highest BCUT2D eigenvalue weighted by Gasteiger charge is 2.09. The Morgan fingerprint density at radius 2 is 1.80 bits per heavy atom. The molecule has 8 nitrogen and oxygen atoms in total. The maximum Gasteiger partial charge on any atom is 0.412 e. The number of aryl methyl sites for hydroxylation is 1. The van der Waals surface area contributed by atoms with Gasteiger partial charge in [0.15, 0.2) is 5.69 Å². The van der Waals surface area contributed by atoms with Gasteiger partial charge in [-0.2, -0.15) is 0 Å². The Balaban J connectivity index is 1.36. The molecule has 1 aromatic heterocycles. The van der Waals surface area contributed by atoms with E-state index in [4.69, 9.17) is 10.5 Å². The quantitative estimate of drug-likeness (QED) is 0.501. The summed E-state index contributed by atoms with van der Waals surface area (Å²) >= 11 is 0. The van der Waals surface area contributed by atoms with E-state index in [2.05, 4.69) is 39.9 Å². The first-order chi connectivity index (χ1) is 14.6.